The highest BCUT2D eigenvalue weighted by atomic mass is 19.4. The first-order chi connectivity index (χ1) is 16.3. The van der Waals surface area contributed by atoms with Gasteiger partial charge in [-0.1, -0.05) is 36.4 Å². The Bertz CT molecular complexity index is 1320. The van der Waals surface area contributed by atoms with Crippen LogP contribution in [0.25, 0.3) is 16.5 Å². The molecule has 0 fully saturated rings. The molecule has 4 aromatic rings. The lowest BCUT2D eigenvalue weighted by atomic mass is 10.1. The summed E-state index contributed by atoms with van der Waals surface area (Å²) in [5, 5.41) is 7.92. The topological polar surface area (TPSA) is 95.3 Å². The largest absolute Gasteiger partial charge is 0.481 e. The van der Waals surface area contributed by atoms with Crippen molar-refractivity contribution in [1.29, 1.82) is 0 Å². The minimum atomic E-state index is -4.62. The molecule has 0 unspecified atom stereocenters. The van der Waals surface area contributed by atoms with Crippen molar-refractivity contribution in [2.75, 3.05) is 18.5 Å². The first-order valence-corrected chi connectivity index (χ1v) is 9.93. The highest BCUT2D eigenvalue weighted by Crippen LogP contribution is 2.33. The fraction of sp³-hybridized carbons (Fsp3) is 0.130. The number of aromatic nitrogens is 3. The van der Waals surface area contributed by atoms with E-state index in [1.165, 1.54) is 17.3 Å². The number of benzene rings is 3. The van der Waals surface area contributed by atoms with E-state index in [9.17, 15) is 22.8 Å². The molecule has 0 bridgehead atoms. The van der Waals surface area contributed by atoms with Crippen LogP contribution in [0.5, 0.6) is 5.75 Å². The van der Waals surface area contributed by atoms with E-state index in [-0.39, 0.29) is 11.4 Å². The number of hydrogen-bond acceptors (Lipinski definition) is 6. The zero-order chi connectivity index (χ0) is 24.1. The Balaban J connectivity index is 1.38. The molecule has 0 saturated heterocycles. The summed E-state index contributed by atoms with van der Waals surface area (Å²) in [6.45, 7) is -1.17. The summed E-state index contributed by atoms with van der Waals surface area (Å²) < 4.78 is 51.0. The molecule has 34 heavy (non-hydrogen) atoms. The van der Waals surface area contributed by atoms with E-state index < -0.39 is 36.8 Å². The van der Waals surface area contributed by atoms with Gasteiger partial charge in [0.2, 0.25) is 0 Å². The minimum Gasteiger partial charge on any atom is -0.481 e. The predicted octanol–water partition coefficient (Wildman–Crippen LogP) is 4.00. The number of rotatable bonds is 7. The van der Waals surface area contributed by atoms with Gasteiger partial charge in [0.25, 0.3) is 5.91 Å². The van der Waals surface area contributed by atoms with Crippen molar-refractivity contribution in [2.45, 2.75) is 6.18 Å². The van der Waals surface area contributed by atoms with Crippen LogP contribution in [0.15, 0.2) is 73.3 Å². The molecule has 1 amide bonds. The molecule has 0 spiro atoms. The number of halogens is 3. The molecular formula is C23H17F3N4O4. The van der Waals surface area contributed by atoms with Crippen LogP contribution >= 0.6 is 0 Å². The van der Waals surface area contributed by atoms with Gasteiger partial charge in [0, 0.05) is 5.39 Å². The van der Waals surface area contributed by atoms with E-state index in [0.717, 1.165) is 29.0 Å². The summed E-state index contributed by atoms with van der Waals surface area (Å²) in [5.41, 5.74) is -0.981. The van der Waals surface area contributed by atoms with Gasteiger partial charge in [0.05, 0.1) is 16.9 Å². The Morgan fingerprint density at radius 2 is 1.79 bits per heavy atom. The zero-order valence-corrected chi connectivity index (χ0v) is 17.5. The highest BCUT2D eigenvalue weighted by molar-refractivity contribution is 5.95. The number of amides is 1. The second kappa shape index (κ2) is 9.61. The van der Waals surface area contributed by atoms with Crippen molar-refractivity contribution >= 4 is 28.3 Å². The lowest BCUT2D eigenvalue weighted by Gasteiger charge is -2.14. The van der Waals surface area contributed by atoms with Gasteiger partial charge in [0.15, 0.2) is 13.2 Å². The molecule has 8 nitrogen and oxygen atoms in total. The monoisotopic (exact) mass is 470 g/mol. The van der Waals surface area contributed by atoms with Gasteiger partial charge < -0.3 is 14.8 Å². The van der Waals surface area contributed by atoms with Gasteiger partial charge in [-0.05, 0) is 29.7 Å². The van der Waals surface area contributed by atoms with Gasteiger partial charge in [-0.2, -0.15) is 18.3 Å². The molecule has 0 aliphatic heterocycles. The molecular weight excluding hydrogens is 453 g/mol. The SMILES string of the molecule is O=C(COC(=O)COc1cccc2ccccc12)Nc1cc(C(F)(F)F)ccc1-n1cncn1. The summed E-state index contributed by atoms with van der Waals surface area (Å²) in [4.78, 5) is 28.1. The smallest absolute Gasteiger partial charge is 0.416 e. The van der Waals surface area contributed by atoms with Crippen LogP contribution in [0.1, 0.15) is 5.56 Å². The maximum Gasteiger partial charge on any atom is 0.416 e. The third kappa shape index (κ3) is 5.31. The summed E-state index contributed by atoms with van der Waals surface area (Å²) in [7, 11) is 0. The van der Waals surface area contributed by atoms with E-state index in [1.807, 2.05) is 30.3 Å². The van der Waals surface area contributed by atoms with Crippen LogP contribution in [0, 0.1) is 0 Å². The number of anilines is 1. The minimum absolute atomic E-state index is 0.157. The fourth-order valence-electron chi connectivity index (χ4n) is 3.18. The molecule has 11 heteroatoms. The highest BCUT2D eigenvalue weighted by Gasteiger charge is 2.31. The Hall–Kier alpha value is -4.41. The quantitative estimate of drug-likeness (QED) is 0.411. The molecule has 0 aliphatic rings. The van der Waals surface area contributed by atoms with E-state index >= 15 is 0 Å². The number of alkyl halides is 3. The van der Waals surface area contributed by atoms with Crippen molar-refractivity contribution in [2.24, 2.45) is 0 Å². The van der Waals surface area contributed by atoms with E-state index in [2.05, 4.69) is 15.4 Å². The second-order valence-corrected chi connectivity index (χ2v) is 7.04. The van der Waals surface area contributed by atoms with Crippen molar-refractivity contribution in [3.05, 3.63) is 78.9 Å². The second-order valence-electron chi connectivity index (χ2n) is 7.04. The number of fused-ring (bicyclic) bond motifs is 1. The van der Waals surface area contributed by atoms with E-state index in [4.69, 9.17) is 9.47 Å². The van der Waals surface area contributed by atoms with Gasteiger partial charge in [-0.15, -0.1) is 0 Å². The Labute approximate surface area is 190 Å². The van der Waals surface area contributed by atoms with Crippen LogP contribution in [0.2, 0.25) is 0 Å². The zero-order valence-electron chi connectivity index (χ0n) is 17.5. The van der Waals surface area contributed by atoms with Gasteiger partial charge in [-0.25, -0.2) is 14.5 Å². The lowest BCUT2D eigenvalue weighted by Crippen LogP contribution is -2.24. The van der Waals surface area contributed by atoms with Crippen LogP contribution in [-0.4, -0.2) is 39.9 Å². The summed E-state index contributed by atoms with van der Waals surface area (Å²) in [6.07, 6.45) is -2.16. The molecule has 1 heterocycles. The number of carbonyl (C=O) groups excluding carboxylic acids is 2. The maximum atomic E-state index is 13.1. The first kappa shape index (κ1) is 22.8. The number of carbonyl (C=O) groups is 2. The summed E-state index contributed by atoms with van der Waals surface area (Å²) in [5.74, 6) is -1.18. The molecule has 1 N–H and O–H groups in total. The number of ether oxygens (including phenoxy) is 2. The van der Waals surface area contributed by atoms with Crippen LogP contribution in [0.3, 0.4) is 0 Å². The molecule has 1 aromatic heterocycles. The molecule has 0 atom stereocenters. The Kier molecular flexibility index (Phi) is 6.44. The molecule has 0 aliphatic carbocycles. The van der Waals surface area contributed by atoms with Crippen LogP contribution in [0.4, 0.5) is 18.9 Å². The van der Waals surface area contributed by atoms with Gasteiger partial charge in [0.1, 0.15) is 18.4 Å². The van der Waals surface area contributed by atoms with E-state index in [0.29, 0.717) is 5.75 Å². The fourth-order valence-corrected chi connectivity index (χ4v) is 3.18. The van der Waals surface area contributed by atoms with Gasteiger partial charge >= 0.3 is 12.1 Å². The van der Waals surface area contributed by atoms with E-state index in [1.54, 1.807) is 12.1 Å². The third-order valence-corrected chi connectivity index (χ3v) is 4.72. The van der Waals surface area contributed by atoms with Crippen molar-refractivity contribution in [3.63, 3.8) is 0 Å². The molecule has 174 valence electrons. The average molecular weight is 470 g/mol. The van der Waals surface area contributed by atoms with Crippen molar-refractivity contribution in [1.82, 2.24) is 14.8 Å². The number of nitrogens with zero attached hydrogens (tertiary/aromatic N) is 3. The molecule has 0 saturated carbocycles. The number of hydrogen-bond donors (Lipinski definition) is 1. The standard InChI is InChI=1S/C23H17F3N4O4/c24-23(25,26)16-8-9-19(30-14-27-13-28-30)18(10-16)29-21(31)11-34-22(32)12-33-20-7-3-5-15-4-1-2-6-17(15)20/h1-10,13-14H,11-12H2,(H,29,31). The summed E-state index contributed by atoms with van der Waals surface area (Å²) in [6, 6.07) is 15.6. The third-order valence-electron chi connectivity index (χ3n) is 4.72. The van der Waals surface area contributed by atoms with Crippen LogP contribution in [-0.2, 0) is 20.5 Å². The van der Waals surface area contributed by atoms with Gasteiger partial charge in [-0.3, -0.25) is 4.79 Å². The molecule has 3 aromatic carbocycles. The number of nitrogens with one attached hydrogen (secondary N) is 1. The van der Waals surface area contributed by atoms with Crippen molar-refractivity contribution in [3.8, 4) is 11.4 Å². The normalized spacial score (nSPS) is 11.3. The van der Waals surface area contributed by atoms with Crippen LogP contribution < -0.4 is 10.1 Å². The van der Waals surface area contributed by atoms with Crippen molar-refractivity contribution < 1.29 is 32.2 Å². The molecule has 0 radical (unpaired) electrons. The lowest BCUT2D eigenvalue weighted by molar-refractivity contribution is -0.149. The maximum absolute atomic E-state index is 13.1. The predicted molar refractivity (Wildman–Crippen MR) is 115 cm³/mol. The first-order valence-electron chi connectivity index (χ1n) is 9.93. The molecule has 4 rings (SSSR count). The summed E-state index contributed by atoms with van der Waals surface area (Å²) >= 11 is 0. The number of esters is 1. The average Bonchev–Trinajstić information content (AvgIpc) is 3.35. The Morgan fingerprint density at radius 3 is 2.56 bits per heavy atom. The Morgan fingerprint density at radius 1 is 1.00 bits per heavy atom.